The zero-order valence-electron chi connectivity index (χ0n) is 18.0. The first kappa shape index (κ1) is 22.9. The Balaban J connectivity index is 1.70. The first-order chi connectivity index (χ1) is 14.8. The van der Waals surface area contributed by atoms with Crippen molar-refractivity contribution in [1.82, 2.24) is 14.8 Å². The molecule has 11 heteroatoms. The van der Waals surface area contributed by atoms with Crippen molar-refractivity contribution in [3.63, 3.8) is 0 Å². The largest absolute Gasteiger partial charge is 0.477 e. The Kier molecular flexibility index (Phi) is 5.46. The number of likely N-dealkylation sites (tertiary alicyclic amines) is 1. The number of rotatable bonds is 3. The summed E-state index contributed by atoms with van der Waals surface area (Å²) in [7, 11) is 0. The second-order valence-electron chi connectivity index (χ2n) is 9.05. The molecule has 2 aliphatic heterocycles. The smallest absolute Gasteiger partial charge is 0.407 e. The summed E-state index contributed by atoms with van der Waals surface area (Å²) in [5, 5.41) is 12.7. The predicted molar refractivity (Wildman–Crippen MR) is 119 cm³/mol. The second-order valence-corrected chi connectivity index (χ2v) is 10.8. The number of nitrogens with one attached hydrogen (secondary N) is 1. The number of carboxylic acids is 1. The van der Waals surface area contributed by atoms with Gasteiger partial charge in [0.15, 0.2) is 0 Å². The summed E-state index contributed by atoms with van der Waals surface area (Å²) in [6.07, 6.45) is 0.161. The van der Waals surface area contributed by atoms with E-state index in [0.29, 0.717) is 25.0 Å². The van der Waals surface area contributed by atoms with E-state index in [0.717, 1.165) is 12.1 Å². The molecule has 1 fully saturated rings. The number of aromatic carboxylic acids is 1. The van der Waals surface area contributed by atoms with Crippen LogP contribution in [0.5, 0.6) is 0 Å². The van der Waals surface area contributed by atoms with E-state index in [1.54, 1.807) is 25.3 Å². The maximum Gasteiger partial charge on any atom is 0.407 e. The average molecular weight is 484 g/mol. The molecule has 0 saturated carbocycles. The molecule has 2 aliphatic rings. The van der Waals surface area contributed by atoms with Gasteiger partial charge < -0.3 is 19.7 Å². The van der Waals surface area contributed by atoms with Gasteiger partial charge in [-0.3, -0.25) is 9.69 Å². The third-order valence-electron chi connectivity index (χ3n) is 5.56. The van der Waals surface area contributed by atoms with Gasteiger partial charge in [0.1, 0.15) is 22.0 Å². The van der Waals surface area contributed by atoms with Crippen LogP contribution in [0.1, 0.15) is 44.5 Å². The molecule has 4 rings (SSSR count). The van der Waals surface area contributed by atoms with E-state index < -0.39 is 39.5 Å². The lowest BCUT2D eigenvalue weighted by atomic mass is 10.1. The van der Waals surface area contributed by atoms with Gasteiger partial charge in [0.05, 0.1) is 21.0 Å². The third kappa shape index (κ3) is 3.74. The van der Waals surface area contributed by atoms with E-state index in [4.69, 9.17) is 16.3 Å². The summed E-state index contributed by atoms with van der Waals surface area (Å²) >= 11 is 7.56. The number of fused-ring (bicyclic) bond motifs is 3. The molecule has 1 amide bonds. The standard InChI is InChI=1S/C21H23ClFN3O5S/c1-20(2,3)31-19(30)24-11-5-6-25(9-11)21(4)26-15-12(7-10(23)8-13(15)22)16(27)14(18(28)29)17(26)32-21/h7-8,11H,5-6,9H2,1-4H3,(H,24,30)(H,28,29). The van der Waals surface area contributed by atoms with E-state index in [1.165, 1.54) is 11.8 Å². The first-order valence-electron chi connectivity index (χ1n) is 10.1. The van der Waals surface area contributed by atoms with E-state index in [-0.39, 0.29) is 21.5 Å². The van der Waals surface area contributed by atoms with Crippen molar-refractivity contribution in [2.75, 3.05) is 13.1 Å². The molecule has 3 heterocycles. The highest BCUT2D eigenvalue weighted by molar-refractivity contribution is 8.01. The number of hydrogen-bond acceptors (Lipinski definition) is 6. The van der Waals surface area contributed by atoms with Crippen LogP contribution in [0, 0.1) is 5.82 Å². The molecule has 2 unspecified atom stereocenters. The zero-order chi connectivity index (χ0) is 23.6. The molecule has 32 heavy (non-hydrogen) atoms. The highest BCUT2D eigenvalue weighted by atomic mass is 35.5. The molecule has 2 N–H and O–H groups in total. The van der Waals surface area contributed by atoms with E-state index in [9.17, 15) is 23.9 Å². The molecule has 0 spiro atoms. The average Bonchev–Trinajstić information content (AvgIpc) is 3.08. The van der Waals surface area contributed by atoms with Crippen LogP contribution in [-0.2, 0) is 9.73 Å². The molecule has 0 aliphatic carbocycles. The number of ether oxygens (including phenoxy) is 1. The Morgan fingerprint density at radius 2 is 2.06 bits per heavy atom. The van der Waals surface area contributed by atoms with Crippen molar-refractivity contribution in [1.29, 1.82) is 0 Å². The fourth-order valence-corrected chi connectivity index (χ4v) is 5.95. The first-order valence-corrected chi connectivity index (χ1v) is 11.3. The lowest BCUT2D eigenvalue weighted by Crippen LogP contribution is -2.53. The van der Waals surface area contributed by atoms with Crippen LogP contribution in [0.2, 0.25) is 5.02 Å². The second kappa shape index (κ2) is 7.64. The van der Waals surface area contributed by atoms with Crippen LogP contribution in [-0.4, -0.2) is 51.4 Å². The van der Waals surface area contributed by atoms with Gasteiger partial charge in [0.2, 0.25) is 5.43 Å². The van der Waals surface area contributed by atoms with Crippen molar-refractivity contribution < 1.29 is 23.8 Å². The molecule has 2 atom stereocenters. The molecular formula is C21H23ClFN3O5S. The number of alkyl carbamates (subject to hydrolysis) is 1. The number of carbonyl (C=O) groups excluding carboxylic acids is 1. The topological polar surface area (TPSA) is 101 Å². The van der Waals surface area contributed by atoms with Gasteiger partial charge in [-0.2, -0.15) is 0 Å². The number of amides is 1. The van der Waals surface area contributed by atoms with E-state index in [2.05, 4.69) is 10.2 Å². The number of thioether (sulfide) groups is 1. The minimum Gasteiger partial charge on any atom is -0.477 e. The van der Waals surface area contributed by atoms with Gasteiger partial charge in [-0.1, -0.05) is 23.4 Å². The van der Waals surface area contributed by atoms with Crippen LogP contribution < -0.4 is 10.7 Å². The highest BCUT2D eigenvalue weighted by Crippen LogP contribution is 2.54. The van der Waals surface area contributed by atoms with Crippen LogP contribution in [0.3, 0.4) is 0 Å². The van der Waals surface area contributed by atoms with Crippen molar-refractivity contribution in [3.05, 3.63) is 38.8 Å². The summed E-state index contributed by atoms with van der Waals surface area (Å²) < 4.78 is 21.0. The van der Waals surface area contributed by atoms with Crippen LogP contribution in [0.4, 0.5) is 9.18 Å². The number of halogens is 2. The molecule has 1 aromatic carbocycles. The molecule has 2 aromatic rings. The van der Waals surface area contributed by atoms with Gasteiger partial charge in [0.25, 0.3) is 0 Å². The van der Waals surface area contributed by atoms with E-state index in [1.807, 2.05) is 6.92 Å². The van der Waals surface area contributed by atoms with Gasteiger partial charge in [0, 0.05) is 19.1 Å². The summed E-state index contributed by atoms with van der Waals surface area (Å²) in [5.41, 5.74) is -1.48. The summed E-state index contributed by atoms with van der Waals surface area (Å²) in [5.74, 6) is -2.09. The highest BCUT2D eigenvalue weighted by Gasteiger charge is 2.50. The number of nitrogens with zero attached hydrogens (tertiary/aromatic N) is 2. The Bertz CT molecular complexity index is 1210. The third-order valence-corrected chi connectivity index (χ3v) is 7.25. The van der Waals surface area contributed by atoms with Crippen molar-refractivity contribution in [3.8, 4) is 0 Å². The van der Waals surface area contributed by atoms with Crippen LogP contribution in [0.15, 0.2) is 22.0 Å². The Hall–Kier alpha value is -2.30. The normalized spacial score (nSPS) is 23.0. The lowest BCUT2D eigenvalue weighted by Gasteiger charge is -2.49. The SMILES string of the molecule is CC(C)(C)OC(=O)NC1CCN(C2(C)Sc3c(C(=O)O)c(=O)c4cc(F)cc(Cl)c4n32)C1. The van der Waals surface area contributed by atoms with Crippen LogP contribution >= 0.6 is 23.4 Å². The Labute approximate surface area is 192 Å². The summed E-state index contributed by atoms with van der Waals surface area (Å²) in [6.45, 7) is 8.34. The molecule has 172 valence electrons. The minimum absolute atomic E-state index is 0.0319. The predicted octanol–water partition coefficient (Wildman–Crippen LogP) is 3.83. The zero-order valence-corrected chi connectivity index (χ0v) is 19.6. The van der Waals surface area contributed by atoms with E-state index >= 15 is 0 Å². The maximum atomic E-state index is 14.0. The molecule has 0 radical (unpaired) electrons. The lowest BCUT2D eigenvalue weighted by molar-refractivity contribution is 0.0497. The molecule has 0 bridgehead atoms. The number of carbonyl (C=O) groups is 2. The van der Waals surface area contributed by atoms with Crippen LogP contribution in [0.25, 0.3) is 10.9 Å². The monoisotopic (exact) mass is 483 g/mol. The number of carboxylic acid groups (broad SMARTS) is 1. The van der Waals surface area contributed by atoms with Gasteiger partial charge in [-0.15, -0.1) is 0 Å². The van der Waals surface area contributed by atoms with Crippen molar-refractivity contribution >= 4 is 46.3 Å². The van der Waals surface area contributed by atoms with Gasteiger partial charge in [-0.05, 0) is 46.2 Å². The fourth-order valence-electron chi connectivity index (χ4n) is 4.22. The summed E-state index contributed by atoms with van der Waals surface area (Å²) in [6, 6.07) is 1.96. The number of hydrogen-bond donors (Lipinski definition) is 2. The van der Waals surface area contributed by atoms with Crippen molar-refractivity contribution in [2.45, 2.75) is 55.8 Å². The molecule has 1 aromatic heterocycles. The minimum atomic E-state index is -1.37. The maximum absolute atomic E-state index is 14.0. The fraction of sp³-hybridized carbons (Fsp3) is 0.476. The summed E-state index contributed by atoms with van der Waals surface area (Å²) in [4.78, 5) is 38.1. The number of aromatic nitrogens is 1. The number of pyridine rings is 1. The van der Waals surface area contributed by atoms with Crippen molar-refractivity contribution in [2.24, 2.45) is 0 Å². The Morgan fingerprint density at radius 3 is 2.69 bits per heavy atom. The Morgan fingerprint density at radius 1 is 1.38 bits per heavy atom. The van der Waals surface area contributed by atoms with Gasteiger partial charge in [-0.25, -0.2) is 14.0 Å². The molecule has 1 saturated heterocycles. The number of benzene rings is 1. The molecular weight excluding hydrogens is 461 g/mol. The molecule has 8 nitrogen and oxygen atoms in total. The quantitative estimate of drug-likeness (QED) is 0.684. The van der Waals surface area contributed by atoms with Gasteiger partial charge >= 0.3 is 12.1 Å².